The number of nitrogens with zero attached hydrogens (tertiary/aromatic N) is 4. The van der Waals surface area contributed by atoms with Gasteiger partial charge in [0.2, 0.25) is 0 Å². The van der Waals surface area contributed by atoms with Gasteiger partial charge in [0.05, 0.1) is 23.0 Å². The maximum Gasteiger partial charge on any atom is 0.276 e. The molecule has 12 heteroatoms. The first-order chi connectivity index (χ1) is 23.1. The predicted molar refractivity (Wildman–Crippen MR) is 184 cm³/mol. The van der Waals surface area contributed by atoms with E-state index in [2.05, 4.69) is 20.2 Å². The normalized spacial score (nSPS) is 27.4. The number of piperidine rings is 1. The molecule has 7 rings (SSSR count). The minimum atomic E-state index is -3.11. The van der Waals surface area contributed by atoms with Gasteiger partial charge in [-0.05, 0) is 88.6 Å². The van der Waals surface area contributed by atoms with E-state index in [9.17, 15) is 13.2 Å². The van der Waals surface area contributed by atoms with Crippen LogP contribution in [0, 0.1) is 5.92 Å². The number of anilines is 1. The number of benzene rings is 1. The second kappa shape index (κ2) is 14.9. The van der Waals surface area contributed by atoms with Crippen LogP contribution in [-0.4, -0.2) is 72.2 Å². The summed E-state index contributed by atoms with van der Waals surface area (Å²) in [6.07, 6.45) is 8.83. The number of hydrogen-bond acceptors (Lipinski definition) is 8. The first kappa shape index (κ1) is 34.9. The Bertz CT molecular complexity index is 1730. The zero-order valence-corrected chi connectivity index (χ0v) is 29.0. The summed E-state index contributed by atoms with van der Waals surface area (Å²) in [5.41, 5.74) is 1.71. The molecule has 0 unspecified atom stereocenters. The van der Waals surface area contributed by atoms with Crippen LogP contribution in [0.3, 0.4) is 0 Å². The van der Waals surface area contributed by atoms with E-state index in [1.165, 1.54) is 12.4 Å². The molecule has 4 aliphatic heterocycles. The summed E-state index contributed by atoms with van der Waals surface area (Å²) in [5.74, 6) is -3.22. The van der Waals surface area contributed by atoms with E-state index in [-0.39, 0.29) is 40.7 Å². The van der Waals surface area contributed by atoms with Gasteiger partial charge in [-0.2, -0.15) is 0 Å². The topological polar surface area (TPSA) is 106 Å². The third kappa shape index (κ3) is 7.75. The molecule has 1 aromatic carbocycles. The largest absolute Gasteiger partial charge is 0.381 e. The molecule has 8 bridgehead atoms. The van der Waals surface area contributed by atoms with Crippen LogP contribution in [0.1, 0.15) is 99.8 Å². The molecule has 3 aromatic rings. The van der Waals surface area contributed by atoms with Gasteiger partial charge in [-0.15, -0.1) is 0 Å². The number of aryl methyl sites for hydroxylation is 1. The van der Waals surface area contributed by atoms with Crippen molar-refractivity contribution in [2.24, 2.45) is 5.92 Å². The Balaban J connectivity index is 1.36. The Kier molecular flexibility index (Phi) is 10.8. The molecule has 0 amide bonds. The standard InChI is InChI=1S/C36H49F2N5O4S/c1-25-27-8-7-9-29(22-27)36(37,38)28-11-17-42(18-12-28)19-13-30(47-2)10-5-3-4-6-16-43-34-32(33(41-25)39-24-40-34)23-31(35(43)44)26-14-20-48(45,46)21-15-26/h7-9,22-26,28,30H,3-6,10-21H2,1-2H3,(H,39,40,41)/t25-,30+/m1/s1. The molecule has 2 atom stereocenters. The third-order valence-electron chi connectivity index (χ3n) is 10.9. The molecular formula is C36H49F2N5O4S. The van der Waals surface area contributed by atoms with E-state index in [0.717, 1.165) is 45.1 Å². The first-order valence-corrected chi connectivity index (χ1v) is 19.5. The van der Waals surface area contributed by atoms with Crippen molar-refractivity contribution in [3.8, 4) is 0 Å². The average molecular weight is 686 g/mol. The van der Waals surface area contributed by atoms with Crippen molar-refractivity contribution >= 4 is 26.7 Å². The average Bonchev–Trinajstić information content (AvgIpc) is 3.08. The molecule has 0 spiro atoms. The Labute approximate surface area is 282 Å². The molecule has 0 aliphatic carbocycles. The highest BCUT2D eigenvalue weighted by Crippen LogP contribution is 2.42. The fourth-order valence-corrected chi connectivity index (χ4v) is 9.27. The lowest BCUT2D eigenvalue weighted by atomic mass is 9.85. The molecule has 0 radical (unpaired) electrons. The summed E-state index contributed by atoms with van der Waals surface area (Å²) in [4.78, 5) is 25.4. The minimum absolute atomic E-state index is 0.0286. The SMILES string of the molecule is CO[C@H]1CCCCCCn2c(=O)c(C3CCS(=O)(=O)CC3)cc3c(ncnc32)N[C@H](C)c2cccc(c2)C(F)(F)C2CCN(CC2)CC1. The third-order valence-corrected chi connectivity index (χ3v) is 12.6. The van der Waals surface area contributed by atoms with Crippen molar-refractivity contribution in [2.75, 3.05) is 43.6 Å². The number of rotatable bonds is 2. The van der Waals surface area contributed by atoms with Gasteiger partial charge in [-0.3, -0.25) is 9.36 Å². The maximum atomic E-state index is 16.0. The second-order valence-corrected chi connectivity index (χ2v) is 16.3. The number of alkyl halides is 2. The monoisotopic (exact) mass is 685 g/mol. The number of sulfone groups is 1. The van der Waals surface area contributed by atoms with Gasteiger partial charge in [0.15, 0.2) is 0 Å². The highest BCUT2D eigenvalue weighted by molar-refractivity contribution is 7.91. The fourth-order valence-electron chi connectivity index (χ4n) is 7.78. The quantitative estimate of drug-likeness (QED) is 0.329. The van der Waals surface area contributed by atoms with Crippen LogP contribution in [-0.2, 0) is 27.0 Å². The molecule has 1 N–H and O–H groups in total. The molecule has 2 fully saturated rings. The van der Waals surface area contributed by atoms with Crippen molar-refractivity contribution in [2.45, 2.75) is 102 Å². The van der Waals surface area contributed by atoms with E-state index in [4.69, 9.17) is 4.74 Å². The highest BCUT2D eigenvalue weighted by atomic mass is 32.2. The minimum Gasteiger partial charge on any atom is -0.381 e. The molecule has 4 aliphatic rings. The second-order valence-electron chi connectivity index (χ2n) is 14.0. The summed E-state index contributed by atoms with van der Waals surface area (Å²) in [7, 11) is -1.36. The lowest BCUT2D eigenvalue weighted by Crippen LogP contribution is -2.40. The number of halogens is 2. The van der Waals surface area contributed by atoms with Crippen molar-refractivity contribution in [1.29, 1.82) is 0 Å². The predicted octanol–water partition coefficient (Wildman–Crippen LogP) is 6.43. The summed E-state index contributed by atoms with van der Waals surface area (Å²) in [5, 5.41) is 4.11. The number of methoxy groups -OCH3 is 1. The van der Waals surface area contributed by atoms with Crippen LogP contribution in [0.2, 0.25) is 0 Å². The van der Waals surface area contributed by atoms with Crippen LogP contribution in [0.5, 0.6) is 0 Å². The van der Waals surface area contributed by atoms with E-state index in [0.29, 0.717) is 73.3 Å². The molecule has 9 nitrogen and oxygen atoms in total. The van der Waals surface area contributed by atoms with E-state index in [1.54, 1.807) is 23.8 Å². The van der Waals surface area contributed by atoms with Gasteiger partial charge in [0, 0.05) is 43.3 Å². The van der Waals surface area contributed by atoms with Crippen molar-refractivity contribution in [1.82, 2.24) is 19.4 Å². The van der Waals surface area contributed by atoms with Gasteiger partial charge < -0.3 is 15.0 Å². The van der Waals surface area contributed by atoms with Crippen molar-refractivity contribution < 1.29 is 21.9 Å². The lowest BCUT2D eigenvalue weighted by Gasteiger charge is -2.36. The Hall–Kier alpha value is -2.96. The fraction of sp³-hybridized carbons (Fsp3) is 0.639. The first-order valence-electron chi connectivity index (χ1n) is 17.6. The summed E-state index contributed by atoms with van der Waals surface area (Å²) >= 11 is 0. The van der Waals surface area contributed by atoms with Crippen LogP contribution < -0.4 is 10.9 Å². The van der Waals surface area contributed by atoms with Crippen molar-refractivity contribution in [3.63, 3.8) is 0 Å². The molecule has 6 heterocycles. The molecule has 0 saturated carbocycles. The van der Waals surface area contributed by atoms with Crippen LogP contribution in [0.25, 0.3) is 11.0 Å². The number of pyridine rings is 1. The van der Waals surface area contributed by atoms with Gasteiger partial charge in [-0.25, -0.2) is 27.2 Å². The summed E-state index contributed by atoms with van der Waals surface area (Å²) < 4.78 is 64.0. The van der Waals surface area contributed by atoms with E-state index < -0.39 is 21.7 Å². The van der Waals surface area contributed by atoms with Gasteiger partial charge in [0.25, 0.3) is 11.5 Å². The zero-order chi connectivity index (χ0) is 33.9. The van der Waals surface area contributed by atoms with Crippen LogP contribution in [0.4, 0.5) is 14.6 Å². The number of aromatic nitrogens is 3. The smallest absolute Gasteiger partial charge is 0.276 e. The van der Waals surface area contributed by atoms with Crippen LogP contribution >= 0.6 is 0 Å². The number of ether oxygens (including phenoxy) is 1. The molecule has 48 heavy (non-hydrogen) atoms. The Morgan fingerprint density at radius 3 is 2.40 bits per heavy atom. The highest BCUT2D eigenvalue weighted by Gasteiger charge is 2.43. The molecule has 2 aromatic heterocycles. The number of nitrogens with one attached hydrogen (secondary N) is 1. The molecular weight excluding hydrogens is 636 g/mol. The molecule has 2 saturated heterocycles. The van der Waals surface area contributed by atoms with Gasteiger partial charge >= 0.3 is 0 Å². The maximum absolute atomic E-state index is 16.0. The zero-order valence-electron chi connectivity index (χ0n) is 28.2. The van der Waals surface area contributed by atoms with Gasteiger partial charge in [0.1, 0.15) is 27.6 Å². The van der Waals surface area contributed by atoms with Crippen LogP contribution in [0.15, 0.2) is 41.5 Å². The number of hydrogen-bond donors (Lipinski definition) is 1. The number of fused-ring (bicyclic) bond motifs is 11. The summed E-state index contributed by atoms with van der Waals surface area (Å²) in [6.45, 7) is 4.57. The van der Waals surface area contributed by atoms with E-state index in [1.807, 2.05) is 19.1 Å². The van der Waals surface area contributed by atoms with Crippen molar-refractivity contribution in [3.05, 3.63) is 63.7 Å². The summed E-state index contributed by atoms with van der Waals surface area (Å²) in [6, 6.07) is 8.15. The Morgan fingerprint density at radius 2 is 1.65 bits per heavy atom. The lowest BCUT2D eigenvalue weighted by molar-refractivity contribution is -0.0861. The van der Waals surface area contributed by atoms with E-state index >= 15 is 8.78 Å². The Morgan fingerprint density at radius 1 is 0.917 bits per heavy atom. The van der Waals surface area contributed by atoms with Gasteiger partial charge in [-0.1, -0.05) is 37.5 Å². The molecule has 262 valence electrons.